The Kier molecular flexibility index (Phi) is 4.22. The Bertz CT molecular complexity index is 305. The SMILES string of the molecule is C#CC(NCC)c1ccc(CC)cc1. The van der Waals surface area contributed by atoms with Gasteiger partial charge in [0.25, 0.3) is 0 Å². The Morgan fingerprint density at radius 1 is 1.29 bits per heavy atom. The predicted molar refractivity (Wildman–Crippen MR) is 61.1 cm³/mol. The van der Waals surface area contributed by atoms with E-state index in [-0.39, 0.29) is 6.04 Å². The fourth-order valence-corrected chi connectivity index (χ4v) is 1.42. The summed E-state index contributed by atoms with van der Waals surface area (Å²) in [5.41, 5.74) is 2.52. The van der Waals surface area contributed by atoms with E-state index in [0.717, 1.165) is 13.0 Å². The van der Waals surface area contributed by atoms with Crippen molar-refractivity contribution in [3.8, 4) is 12.3 Å². The molecule has 0 saturated heterocycles. The van der Waals surface area contributed by atoms with Crippen molar-refractivity contribution in [2.24, 2.45) is 0 Å². The number of nitrogens with one attached hydrogen (secondary N) is 1. The third kappa shape index (κ3) is 2.61. The van der Waals surface area contributed by atoms with Crippen LogP contribution in [0.3, 0.4) is 0 Å². The van der Waals surface area contributed by atoms with E-state index in [1.54, 1.807) is 0 Å². The van der Waals surface area contributed by atoms with Crippen LogP contribution in [-0.2, 0) is 6.42 Å². The Balaban J connectivity index is 2.79. The molecular weight excluding hydrogens is 170 g/mol. The van der Waals surface area contributed by atoms with Crippen LogP contribution < -0.4 is 5.32 Å². The van der Waals surface area contributed by atoms with Crippen LogP contribution in [0.15, 0.2) is 24.3 Å². The molecule has 1 heteroatoms. The topological polar surface area (TPSA) is 12.0 Å². The van der Waals surface area contributed by atoms with Gasteiger partial charge in [0.2, 0.25) is 0 Å². The van der Waals surface area contributed by atoms with Gasteiger partial charge in [-0.2, -0.15) is 0 Å². The molecule has 0 amide bonds. The maximum atomic E-state index is 5.45. The average molecular weight is 187 g/mol. The quantitative estimate of drug-likeness (QED) is 0.714. The molecule has 1 unspecified atom stereocenters. The highest BCUT2D eigenvalue weighted by Gasteiger charge is 2.04. The summed E-state index contributed by atoms with van der Waals surface area (Å²) >= 11 is 0. The summed E-state index contributed by atoms with van der Waals surface area (Å²) in [6.45, 7) is 5.10. The van der Waals surface area contributed by atoms with Crippen LogP contribution in [0.5, 0.6) is 0 Å². The van der Waals surface area contributed by atoms with Gasteiger partial charge in [0, 0.05) is 0 Å². The summed E-state index contributed by atoms with van der Waals surface area (Å²) < 4.78 is 0. The number of hydrogen-bond acceptors (Lipinski definition) is 1. The number of benzene rings is 1. The van der Waals surface area contributed by atoms with Gasteiger partial charge in [-0.05, 0) is 24.1 Å². The van der Waals surface area contributed by atoms with Gasteiger partial charge in [-0.15, -0.1) is 6.42 Å². The highest BCUT2D eigenvalue weighted by atomic mass is 14.9. The minimum Gasteiger partial charge on any atom is -0.300 e. The van der Waals surface area contributed by atoms with Crippen molar-refractivity contribution in [3.05, 3.63) is 35.4 Å². The summed E-state index contributed by atoms with van der Waals surface area (Å²) in [4.78, 5) is 0. The van der Waals surface area contributed by atoms with Gasteiger partial charge in [0.05, 0.1) is 6.04 Å². The van der Waals surface area contributed by atoms with Crippen molar-refractivity contribution in [2.45, 2.75) is 26.3 Å². The monoisotopic (exact) mass is 187 g/mol. The van der Waals surface area contributed by atoms with Crippen molar-refractivity contribution < 1.29 is 0 Å². The van der Waals surface area contributed by atoms with Crippen molar-refractivity contribution in [3.63, 3.8) is 0 Å². The summed E-state index contributed by atoms with van der Waals surface area (Å²) in [6, 6.07) is 8.53. The highest BCUT2D eigenvalue weighted by molar-refractivity contribution is 5.29. The molecule has 14 heavy (non-hydrogen) atoms. The highest BCUT2D eigenvalue weighted by Crippen LogP contribution is 2.13. The fraction of sp³-hybridized carbons (Fsp3) is 0.385. The van der Waals surface area contributed by atoms with Gasteiger partial charge < -0.3 is 5.32 Å². The van der Waals surface area contributed by atoms with Gasteiger partial charge in [0.1, 0.15) is 0 Å². The smallest absolute Gasteiger partial charge is 0.0943 e. The van der Waals surface area contributed by atoms with E-state index >= 15 is 0 Å². The van der Waals surface area contributed by atoms with Crippen LogP contribution in [0.1, 0.15) is 31.0 Å². The van der Waals surface area contributed by atoms with Crippen LogP contribution in [0.2, 0.25) is 0 Å². The van der Waals surface area contributed by atoms with Gasteiger partial charge in [-0.3, -0.25) is 0 Å². The molecule has 1 aromatic carbocycles. The lowest BCUT2D eigenvalue weighted by atomic mass is 10.0. The van der Waals surface area contributed by atoms with Crippen molar-refractivity contribution >= 4 is 0 Å². The van der Waals surface area contributed by atoms with E-state index in [9.17, 15) is 0 Å². The predicted octanol–water partition coefficient (Wildman–Crippen LogP) is 2.53. The molecule has 0 aromatic heterocycles. The summed E-state index contributed by atoms with van der Waals surface area (Å²) in [7, 11) is 0. The lowest BCUT2D eigenvalue weighted by Gasteiger charge is -2.11. The maximum absolute atomic E-state index is 5.45. The zero-order chi connectivity index (χ0) is 10.4. The molecule has 1 atom stereocenters. The number of rotatable bonds is 4. The third-order valence-corrected chi connectivity index (χ3v) is 2.30. The second-order valence-electron chi connectivity index (χ2n) is 3.25. The lowest BCUT2D eigenvalue weighted by molar-refractivity contribution is 0.665. The van der Waals surface area contributed by atoms with Gasteiger partial charge >= 0.3 is 0 Å². The van der Waals surface area contributed by atoms with Gasteiger partial charge in [0.15, 0.2) is 0 Å². The summed E-state index contributed by atoms with van der Waals surface area (Å²) in [5.74, 6) is 2.75. The van der Waals surface area contributed by atoms with Crippen LogP contribution in [0.4, 0.5) is 0 Å². The molecule has 0 aliphatic heterocycles. The molecule has 0 fully saturated rings. The second-order valence-corrected chi connectivity index (χ2v) is 3.25. The first-order valence-electron chi connectivity index (χ1n) is 5.10. The Morgan fingerprint density at radius 3 is 2.36 bits per heavy atom. The minimum atomic E-state index is 0.0471. The van der Waals surface area contributed by atoms with Gasteiger partial charge in [-0.1, -0.05) is 44.0 Å². The molecule has 1 aromatic rings. The molecule has 0 saturated carbocycles. The summed E-state index contributed by atoms with van der Waals surface area (Å²) in [5, 5.41) is 3.25. The molecule has 0 spiro atoms. The van der Waals surface area contributed by atoms with Crippen LogP contribution in [-0.4, -0.2) is 6.54 Å². The molecule has 1 rings (SSSR count). The molecule has 1 nitrogen and oxygen atoms in total. The zero-order valence-electron chi connectivity index (χ0n) is 8.88. The lowest BCUT2D eigenvalue weighted by Crippen LogP contribution is -2.19. The Morgan fingerprint density at radius 2 is 1.93 bits per heavy atom. The van der Waals surface area contributed by atoms with Crippen LogP contribution in [0, 0.1) is 12.3 Å². The average Bonchev–Trinajstić information content (AvgIpc) is 2.26. The molecule has 0 radical (unpaired) electrons. The standard InChI is InChI=1S/C13H17N/c1-4-11-7-9-12(10-8-11)13(5-2)14-6-3/h2,7-10,13-14H,4,6H2,1,3H3. The maximum Gasteiger partial charge on any atom is 0.0943 e. The zero-order valence-corrected chi connectivity index (χ0v) is 8.88. The molecule has 0 aliphatic rings. The molecule has 0 bridgehead atoms. The van der Waals surface area contributed by atoms with Gasteiger partial charge in [-0.25, -0.2) is 0 Å². The fourth-order valence-electron chi connectivity index (χ4n) is 1.42. The molecule has 0 aliphatic carbocycles. The second kappa shape index (κ2) is 5.47. The first kappa shape index (κ1) is 10.8. The van der Waals surface area contributed by atoms with Crippen LogP contribution in [0.25, 0.3) is 0 Å². The summed E-state index contributed by atoms with van der Waals surface area (Å²) in [6.07, 6.45) is 6.52. The number of hydrogen-bond donors (Lipinski definition) is 1. The van der Waals surface area contributed by atoms with E-state index < -0.39 is 0 Å². The normalized spacial score (nSPS) is 12.1. The number of aryl methyl sites for hydroxylation is 1. The Hall–Kier alpha value is -1.26. The van der Waals surface area contributed by atoms with E-state index in [0.29, 0.717) is 0 Å². The molecule has 0 heterocycles. The first-order valence-corrected chi connectivity index (χ1v) is 5.10. The number of terminal acetylenes is 1. The van der Waals surface area contributed by atoms with Crippen LogP contribution >= 0.6 is 0 Å². The minimum absolute atomic E-state index is 0.0471. The van der Waals surface area contributed by atoms with Crippen molar-refractivity contribution in [2.75, 3.05) is 6.54 Å². The largest absolute Gasteiger partial charge is 0.300 e. The van der Waals surface area contributed by atoms with Crippen molar-refractivity contribution in [1.82, 2.24) is 5.32 Å². The van der Waals surface area contributed by atoms with Crippen molar-refractivity contribution in [1.29, 1.82) is 0 Å². The Labute approximate surface area is 86.5 Å². The molecule has 74 valence electrons. The van der Waals surface area contributed by atoms with E-state index in [4.69, 9.17) is 6.42 Å². The van der Waals surface area contributed by atoms with E-state index in [1.807, 2.05) is 0 Å². The molecular formula is C13H17N. The third-order valence-electron chi connectivity index (χ3n) is 2.30. The first-order chi connectivity index (χ1) is 6.81. The molecule has 1 N–H and O–H groups in total. The van der Waals surface area contributed by atoms with E-state index in [2.05, 4.69) is 49.4 Å². The van der Waals surface area contributed by atoms with E-state index in [1.165, 1.54) is 11.1 Å².